The highest BCUT2D eigenvalue weighted by molar-refractivity contribution is 7.86. The Morgan fingerprint density at radius 3 is 1.52 bits per heavy atom. The summed E-state index contributed by atoms with van der Waals surface area (Å²) in [6, 6.07) is 11.0. The van der Waals surface area contributed by atoms with Gasteiger partial charge in [0.1, 0.15) is 5.69 Å². The summed E-state index contributed by atoms with van der Waals surface area (Å²) in [6.45, 7) is 0. The van der Waals surface area contributed by atoms with Crippen LogP contribution in [0.15, 0.2) is 53.4 Å². The molecule has 0 unspecified atom stereocenters. The van der Waals surface area contributed by atoms with Crippen LogP contribution in [-0.2, 0) is 10.1 Å². The van der Waals surface area contributed by atoms with Gasteiger partial charge in [0.2, 0.25) is 0 Å². The van der Waals surface area contributed by atoms with E-state index in [2.05, 4.69) is 0 Å². The summed E-state index contributed by atoms with van der Waals surface area (Å²) in [5.41, 5.74) is -3.03. The summed E-state index contributed by atoms with van der Waals surface area (Å²) in [5.74, 6) is -6.75. The second kappa shape index (κ2) is 6.58. The normalized spacial score (nSPS) is 14.9. The molecule has 2 aliphatic rings. The van der Waals surface area contributed by atoms with Crippen molar-refractivity contribution in [2.75, 3.05) is 4.90 Å². The molecule has 0 saturated carbocycles. The van der Waals surface area contributed by atoms with Crippen LogP contribution in [0.4, 0.5) is 5.69 Å². The van der Waals surface area contributed by atoms with Gasteiger partial charge in [-0.2, -0.15) is 8.42 Å². The number of imide groups is 1. The van der Waals surface area contributed by atoms with E-state index in [4.69, 9.17) is 0 Å². The van der Waals surface area contributed by atoms with E-state index in [9.17, 15) is 42.4 Å². The predicted molar refractivity (Wildman–Crippen MR) is 110 cm³/mol. The minimum atomic E-state index is -5.38. The lowest BCUT2D eigenvalue weighted by Crippen LogP contribution is -2.33. The van der Waals surface area contributed by atoms with Crippen molar-refractivity contribution in [3.63, 3.8) is 0 Å². The molecule has 164 valence electrons. The number of amides is 2. The highest BCUT2D eigenvalue weighted by Gasteiger charge is 2.46. The van der Waals surface area contributed by atoms with Gasteiger partial charge in [-0.1, -0.05) is 36.4 Å². The number of rotatable bonds is 2. The molecule has 3 aromatic rings. The molecule has 0 atom stereocenters. The number of hydrogen-bond donors (Lipinski definition) is 3. The van der Waals surface area contributed by atoms with Gasteiger partial charge >= 0.3 is 10.1 Å². The second-order valence-corrected chi connectivity index (χ2v) is 8.65. The van der Waals surface area contributed by atoms with Crippen molar-refractivity contribution in [3.8, 4) is 11.5 Å². The zero-order valence-corrected chi connectivity index (χ0v) is 17.1. The minimum Gasteiger partial charge on any atom is -0.506 e. The summed E-state index contributed by atoms with van der Waals surface area (Å²) in [4.78, 5) is 51.4. The fourth-order valence-electron chi connectivity index (χ4n) is 4.13. The fourth-order valence-corrected chi connectivity index (χ4v) is 4.82. The van der Waals surface area contributed by atoms with E-state index in [1.54, 1.807) is 0 Å². The van der Waals surface area contributed by atoms with E-state index in [-0.39, 0.29) is 22.3 Å². The van der Waals surface area contributed by atoms with E-state index in [1.807, 2.05) is 0 Å². The van der Waals surface area contributed by atoms with Crippen LogP contribution in [0.3, 0.4) is 0 Å². The van der Waals surface area contributed by atoms with Gasteiger partial charge in [0.05, 0.1) is 22.3 Å². The van der Waals surface area contributed by atoms with Gasteiger partial charge < -0.3 is 10.2 Å². The lowest BCUT2D eigenvalue weighted by atomic mass is 9.82. The molecule has 0 radical (unpaired) electrons. The first-order chi connectivity index (χ1) is 15.6. The number of aromatic hydroxyl groups is 2. The maximum absolute atomic E-state index is 13.3. The third kappa shape index (κ3) is 2.60. The first-order valence-electron chi connectivity index (χ1n) is 9.31. The molecule has 1 heterocycles. The van der Waals surface area contributed by atoms with Crippen LogP contribution in [-0.4, -0.2) is 46.6 Å². The summed E-state index contributed by atoms with van der Waals surface area (Å²) < 4.78 is 33.6. The van der Waals surface area contributed by atoms with Crippen molar-refractivity contribution in [2.24, 2.45) is 0 Å². The molecule has 1 aliphatic carbocycles. The number of carbonyl (C=O) groups is 4. The van der Waals surface area contributed by atoms with Crippen molar-refractivity contribution in [1.82, 2.24) is 0 Å². The van der Waals surface area contributed by atoms with Gasteiger partial charge in [-0.15, -0.1) is 0 Å². The summed E-state index contributed by atoms with van der Waals surface area (Å²) in [6.07, 6.45) is 0. The van der Waals surface area contributed by atoms with Crippen LogP contribution in [0.2, 0.25) is 0 Å². The summed E-state index contributed by atoms with van der Waals surface area (Å²) in [7, 11) is -5.38. The van der Waals surface area contributed by atoms with Crippen LogP contribution in [0.5, 0.6) is 11.5 Å². The highest BCUT2D eigenvalue weighted by atomic mass is 32.2. The highest BCUT2D eigenvalue weighted by Crippen LogP contribution is 2.50. The second-order valence-electron chi connectivity index (χ2n) is 7.30. The molecule has 2 amide bonds. The van der Waals surface area contributed by atoms with Gasteiger partial charge in [0, 0.05) is 11.1 Å². The quantitative estimate of drug-likeness (QED) is 0.296. The zero-order valence-electron chi connectivity index (χ0n) is 16.3. The topological polar surface area (TPSA) is 166 Å². The lowest BCUT2D eigenvalue weighted by molar-refractivity contribution is 0.0921. The third-order valence-corrected chi connectivity index (χ3v) is 6.43. The number of nitrogens with zero attached hydrogens (tertiary/aromatic N) is 1. The maximum Gasteiger partial charge on any atom is 0.302 e. The van der Waals surface area contributed by atoms with Crippen molar-refractivity contribution in [3.05, 3.63) is 81.9 Å². The minimum absolute atomic E-state index is 0.0906. The molecule has 3 aromatic carbocycles. The van der Waals surface area contributed by atoms with E-state index in [1.165, 1.54) is 48.5 Å². The Morgan fingerprint density at radius 1 is 0.636 bits per heavy atom. The van der Waals surface area contributed by atoms with Gasteiger partial charge in [-0.3, -0.25) is 23.7 Å². The van der Waals surface area contributed by atoms with Crippen molar-refractivity contribution in [2.45, 2.75) is 4.90 Å². The van der Waals surface area contributed by atoms with E-state index >= 15 is 0 Å². The molecule has 0 bridgehead atoms. The number of carbonyl (C=O) groups excluding carboxylic acids is 4. The SMILES string of the molecule is O=C1c2ccccc2C(=O)c2c1c(O)c(S(=O)(=O)O)c(O)c2N1C(=O)c2ccccc2C1=O. The van der Waals surface area contributed by atoms with Crippen LogP contribution in [0.25, 0.3) is 0 Å². The zero-order chi connectivity index (χ0) is 23.8. The standard InChI is InChI=1S/C22H11NO9S/c24-16-9-5-1-2-6-10(9)17(25)14-13(16)15(19(27)20(18(14)26)33(30,31)32)23-21(28)11-7-3-4-8-12(11)22(23)29/h1-8,26-27H,(H,30,31,32). The Morgan fingerprint density at radius 2 is 1.06 bits per heavy atom. The molecule has 0 spiro atoms. The number of phenolic OH excluding ortho intramolecular Hbond substituents is 2. The lowest BCUT2D eigenvalue weighted by Gasteiger charge is -2.26. The fraction of sp³-hybridized carbons (Fsp3) is 0. The van der Waals surface area contributed by atoms with Gasteiger partial charge in [-0.25, -0.2) is 4.90 Å². The Labute approximate surface area is 185 Å². The molecule has 0 aromatic heterocycles. The average molecular weight is 465 g/mol. The Bertz CT molecular complexity index is 1550. The monoisotopic (exact) mass is 465 g/mol. The molecule has 33 heavy (non-hydrogen) atoms. The van der Waals surface area contributed by atoms with E-state index in [0.717, 1.165) is 0 Å². The van der Waals surface area contributed by atoms with E-state index in [0.29, 0.717) is 4.90 Å². The molecule has 3 N–H and O–H groups in total. The predicted octanol–water partition coefficient (Wildman–Crippen LogP) is 1.92. The first-order valence-corrected chi connectivity index (χ1v) is 10.7. The van der Waals surface area contributed by atoms with E-state index < -0.39 is 66.7 Å². The molecule has 10 nitrogen and oxygen atoms in total. The Hall–Kier alpha value is -4.35. The maximum atomic E-state index is 13.3. The Balaban J connectivity index is 1.93. The van der Waals surface area contributed by atoms with Crippen molar-refractivity contribution >= 4 is 39.2 Å². The van der Waals surface area contributed by atoms with Gasteiger partial charge in [0.15, 0.2) is 28.0 Å². The third-order valence-electron chi connectivity index (χ3n) is 5.52. The van der Waals surface area contributed by atoms with Gasteiger partial charge in [0.25, 0.3) is 11.8 Å². The molecule has 5 rings (SSSR count). The first kappa shape index (κ1) is 20.5. The van der Waals surface area contributed by atoms with Crippen molar-refractivity contribution in [1.29, 1.82) is 0 Å². The summed E-state index contributed by atoms with van der Waals surface area (Å²) >= 11 is 0. The van der Waals surface area contributed by atoms with Crippen LogP contribution in [0.1, 0.15) is 52.6 Å². The molecule has 0 saturated heterocycles. The number of hydrogen-bond acceptors (Lipinski definition) is 8. The van der Waals surface area contributed by atoms with Crippen molar-refractivity contribution < 1.29 is 42.4 Å². The average Bonchev–Trinajstić information content (AvgIpc) is 3.01. The number of phenols is 2. The molecule has 1 aliphatic heterocycles. The number of anilines is 1. The number of benzene rings is 3. The van der Waals surface area contributed by atoms with Crippen LogP contribution in [0, 0.1) is 0 Å². The number of fused-ring (bicyclic) bond motifs is 3. The molecule has 11 heteroatoms. The largest absolute Gasteiger partial charge is 0.506 e. The van der Waals surface area contributed by atoms with Crippen LogP contribution < -0.4 is 4.90 Å². The van der Waals surface area contributed by atoms with Crippen LogP contribution >= 0.6 is 0 Å². The smallest absolute Gasteiger partial charge is 0.302 e. The molecular formula is C22H11NO9S. The Kier molecular flexibility index (Phi) is 4.09. The molecular weight excluding hydrogens is 454 g/mol. The van der Waals surface area contributed by atoms with Gasteiger partial charge in [-0.05, 0) is 12.1 Å². The molecule has 0 fully saturated rings. The number of ketones is 2. The summed E-state index contributed by atoms with van der Waals surface area (Å²) in [5, 5.41) is 21.4.